The van der Waals surface area contributed by atoms with E-state index in [0.29, 0.717) is 5.92 Å². The molecule has 0 bridgehead atoms. The van der Waals surface area contributed by atoms with E-state index >= 15 is 0 Å². The highest BCUT2D eigenvalue weighted by atomic mass is 79.9. The molecule has 0 N–H and O–H groups in total. The lowest BCUT2D eigenvalue weighted by atomic mass is 9.90. The van der Waals surface area contributed by atoms with Gasteiger partial charge in [-0.05, 0) is 60.8 Å². The summed E-state index contributed by atoms with van der Waals surface area (Å²) < 4.78 is 6.68. The first-order valence-corrected chi connectivity index (χ1v) is 7.00. The molecule has 0 spiro atoms. The molecule has 0 amide bonds. The fraction of sp³-hybridized carbons (Fsp3) is 0.571. The van der Waals surface area contributed by atoms with E-state index in [1.165, 1.54) is 41.3 Å². The van der Waals surface area contributed by atoms with Crippen LogP contribution in [0.15, 0.2) is 22.7 Å². The van der Waals surface area contributed by atoms with E-state index in [1.807, 2.05) is 0 Å². The highest BCUT2D eigenvalue weighted by molar-refractivity contribution is 9.10. The van der Waals surface area contributed by atoms with Crippen molar-refractivity contribution in [3.05, 3.63) is 33.8 Å². The highest BCUT2D eigenvalue weighted by Gasteiger charge is 2.25. The fourth-order valence-corrected chi connectivity index (χ4v) is 3.08. The van der Waals surface area contributed by atoms with Gasteiger partial charge in [0.15, 0.2) is 0 Å². The molecule has 1 aromatic rings. The summed E-state index contributed by atoms with van der Waals surface area (Å²) in [5.74, 6) is 1.56. The second-order valence-electron chi connectivity index (χ2n) is 4.98. The van der Waals surface area contributed by atoms with Gasteiger partial charge in [0.1, 0.15) is 0 Å². The predicted molar refractivity (Wildman–Crippen MR) is 68.9 cm³/mol. The maximum Gasteiger partial charge on any atom is 0.0471 e. The molecule has 3 rings (SSSR count). The molecule has 2 heteroatoms. The molecule has 1 nitrogen and oxygen atoms in total. The van der Waals surface area contributed by atoms with Crippen LogP contribution < -0.4 is 0 Å². The van der Waals surface area contributed by atoms with Gasteiger partial charge in [0.25, 0.3) is 0 Å². The number of benzene rings is 1. The molecule has 0 unspecified atom stereocenters. The molecule has 0 radical (unpaired) electrons. The van der Waals surface area contributed by atoms with Crippen LogP contribution in [-0.4, -0.2) is 13.2 Å². The Kier molecular flexibility index (Phi) is 3.03. The molecule has 2 aliphatic rings. The lowest BCUT2D eigenvalue weighted by Crippen LogP contribution is -2.14. The van der Waals surface area contributed by atoms with Gasteiger partial charge in [-0.1, -0.05) is 22.0 Å². The van der Waals surface area contributed by atoms with E-state index in [9.17, 15) is 0 Å². The standard InChI is InChI=1S/C14H17BrO/c15-14-8-12(10-1-2-10)7-13(9-14)11-3-5-16-6-4-11/h7-11H,1-6H2. The lowest BCUT2D eigenvalue weighted by molar-refractivity contribution is 0.0853. The summed E-state index contributed by atoms with van der Waals surface area (Å²) in [7, 11) is 0. The second kappa shape index (κ2) is 4.50. The molecule has 1 saturated carbocycles. The first-order chi connectivity index (χ1) is 7.83. The summed E-state index contributed by atoms with van der Waals surface area (Å²) in [6.07, 6.45) is 5.12. The Morgan fingerprint density at radius 3 is 2.00 bits per heavy atom. The molecule has 16 heavy (non-hydrogen) atoms. The van der Waals surface area contributed by atoms with Crippen molar-refractivity contribution in [1.29, 1.82) is 0 Å². The largest absolute Gasteiger partial charge is 0.381 e. The highest BCUT2D eigenvalue weighted by Crippen LogP contribution is 2.42. The van der Waals surface area contributed by atoms with Gasteiger partial charge in [-0.2, -0.15) is 0 Å². The third-order valence-electron chi connectivity index (χ3n) is 3.68. The van der Waals surface area contributed by atoms with Crippen molar-refractivity contribution >= 4 is 15.9 Å². The minimum absolute atomic E-state index is 0.712. The van der Waals surface area contributed by atoms with Gasteiger partial charge in [0.05, 0.1) is 0 Å². The monoisotopic (exact) mass is 280 g/mol. The summed E-state index contributed by atoms with van der Waals surface area (Å²) in [4.78, 5) is 0. The predicted octanol–water partition coefficient (Wildman–Crippen LogP) is 4.22. The van der Waals surface area contributed by atoms with Crippen LogP contribution in [0.25, 0.3) is 0 Å². The zero-order chi connectivity index (χ0) is 11.0. The molecule has 1 aromatic carbocycles. The van der Waals surface area contributed by atoms with Crippen molar-refractivity contribution in [2.24, 2.45) is 0 Å². The molecule has 1 saturated heterocycles. The van der Waals surface area contributed by atoms with Gasteiger partial charge in [0, 0.05) is 17.7 Å². The summed E-state index contributed by atoms with van der Waals surface area (Å²) >= 11 is 3.64. The van der Waals surface area contributed by atoms with Crippen LogP contribution in [0.1, 0.15) is 48.6 Å². The minimum atomic E-state index is 0.712. The minimum Gasteiger partial charge on any atom is -0.381 e. The van der Waals surface area contributed by atoms with E-state index in [-0.39, 0.29) is 0 Å². The zero-order valence-corrected chi connectivity index (χ0v) is 11.0. The Hall–Kier alpha value is -0.340. The van der Waals surface area contributed by atoms with E-state index in [2.05, 4.69) is 34.1 Å². The van der Waals surface area contributed by atoms with Crippen molar-refractivity contribution < 1.29 is 4.74 Å². The summed E-state index contributed by atoms with van der Waals surface area (Å²) in [6.45, 7) is 1.85. The molecule has 0 aromatic heterocycles. The van der Waals surface area contributed by atoms with Crippen molar-refractivity contribution in [3.63, 3.8) is 0 Å². The quantitative estimate of drug-likeness (QED) is 0.788. The van der Waals surface area contributed by atoms with Crippen molar-refractivity contribution in [2.75, 3.05) is 13.2 Å². The van der Waals surface area contributed by atoms with Crippen LogP contribution in [-0.2, 0) is 4.74 Å². The Balaban J connectivity index is 1.86. The van der Waals surface area contributed by atoms with E-state index in [0.717, 1.165) is 19.1 Å². The summed E-state index contributed by atoms with van der Waals surface area (Å²) in [5, 5.41) is 0. The van der Waals surface area contributed by atoms with Gasteiger partial charge < -0.3 is 4.74 Å². The van der Waals surface area contributed by atoms with Crippen LogP contribution in [0.3, 0.4) is 0 Å². The average molecular weight is 281 g/mol. The number of rotatable bonds is 2. The van der Waals surface area contributed by atoms with Crippen LogP contribution in [0, 0.1) is 0 Å². The Morgan fingerprint density at radius 1 is 0.875 bits per heavy atom. The summed E-state index contributed by atoms with van der Waals surface area (Å²) in [5.41, 5.74) is 3.05. The smallest absolute Gasteiger partial charge is 0.0471 e. The van der Waals surface area contributed by atoms with Gasteiger partial charge in [-0.3, -0.25) is 0 Å². The number of ether oxygens (including phenoxy) is 1. The van der Waals surface area contributed by atoms with Crippen molar-refractivity contribution in [2.45, 2.75) is 37.5 Å². The van der Waals surface area contributed by atoms with Crippen LogP contribution >= 0.6 is 15.9 Å². The second-order valence-corrected chi connectivity index (χ2v) is 5.89. The Morgan fingerprint density at radius 2 is 1.44 bits per heavy atom. The molecule has 1 aliphatic carbocycles. The third-order valence-corrected chi connectivity index (χ3v) is 4.14. The van der Waals surface area contributed by atoms with Crippen molar-refractivity contribution in [3.8, 4) is 0 Å². The zero-order valence-electron chi connectivity index (χ0n) is 9.42. The first-order valence-electron chi connectivity index (χ1n) is 6.21. The lowest BCUT2D eigenvalue weighted by Gasteiger charge is -2.23. The fourth-order valence-electron chi connectivity index (χ4n) is 2.55. The van der Waals surface area contributed by atoms with Crippen LogP contribution in [0.2, 0.25) is 0 Å². The van der Waals surface area contributed by atoms with Crippen LogP contribution in [0.5, 0.6) is 0 Å². The molecular formula is C14H17BrO. The van der Waals surface area contributed by atoms with E-state index in [4.69, 9.17) is 4.74 Å². The molecule has 0 atom stereocenters. The Bertz CT molecular complexity index is 378. The topological polar surface area (TPSA) is 9.23 Å². The average Bonchev–Trinajstić information content (AvgIpc) is 3.13. The first kappa shape index (κ1) is 10.8. The number of hydrogen-bond donors (Lipinski definition) is 0. The maximum atomic E-state index is 5.43. The molecular weight excluding hydrogens is 264 g/mol. The maximum absolute atomic E-state index is 5.43. The van der Waals surface area contributed by atoms with Crippen molar-refractivity contribution in [1.82, 2.24) is 0 Å². The summed E-state index contributed by atoms with van der Waals surface area (Å²) in [6, 6.07) is 7.01. The van der Waals surface area contributed by atoms with Gasteiger partial charge in [-0.15, -0.1) is 0 Å². The molecule has 86 valence electrons. The normalized spacial score (nSPS) is 22.3. The Labute approximate surface area is 105 Å². The van der Waals surface area contributed by atoms with E-state index in [1.54, 1.807) is 0 Å². The van der Waals surface area contributed by atoms with Crippen LogP contribution in [0.4, 0.5) is 0 Å². The van der Waals surface area contributed by atoms with Gasteiger partial charge >= 0.3 is 0 Å². The number of hydrogen-bond acceptors (Lipinski definition) is 1. The molecule has 1 aliphatic heterocycles. The number of halogens is 1. The SMILES string of the molecule is Brc1cc(C2CCOCC2)cc(C2CC2)c1. The van der Waals surface area contributed by atoms with Gasteiger partial charge in [0.2, 0.25) is 0 Å². The third kappa shape index (κ3) is 2.33. The van der Waals surface area contributed by atoms with E-state index < -0.39 is 0 Å². The van der Waals surface area contributed by atoms with Gasteiger partial charge in [-0.25, -0.2) is 0 Å². The molecule has 2 fully saturated rings. The molecule has 1 heterocycles.